The minimum atomic E-state index is -4.33. The van der Waals surface area contributed by atoms with Gasteiger partial charge in [0.1, 0.15) is 0 Å². The van der Waals surface area contributed by atoms with Gasteiger partial charge in [0.25, 0.3) is 0 Å². The van der Waals surface area contributed by atoms with Crippen LogP contribution < -0.4 is 5.73 Å². The number of halogens is 3. The summed E-state index contributed by atoms with van der Waals surface area (Å²) in [4.78, 5) is 0. The molecule has 1 atom stereocenters. The highest BCUT2D eigenvalue weighted by atomic mass is 19.4. The number of hydrogen-bond acceptors (Lipinski definition) is 2. The summed E-state index contributed by atoms with van der Waals surface area (Å²) in [6.45, 7) is 0. The van der Waals surface area contributed by atoms with Crippen LogP contribution in [-0.4, -0.2) is 6.04 Å². The molecule has 2 nitrogen and oxygen atoms in total. The van der Waals surface area contributed by atoms with Crippen molar-refractivity contribution in [2.45, 2.75) is 31.5 Å². The van der Waals surface area contributed by atoms with Crippen molar-refractivity contribution in [1.29, 1.82) is 5.26 Å². The first-order valence-electron chi connectivity index (χ1n) is 5.95. The lowest BCUT2D eigenvalue weighted by molar-refractivity contribution is -0.137. The summed E-state index contributed by atoms with van der Waals surface area (Å²) in [6.07, 6.45) is -0.758. The molecule has 0 heterocycles. The Morgan fingerprint density at radius 3 is 2.68 bits per heavy atom. The number of fused-ring (bicyclic) bond motifs is 1. The van der Waals surface area contributed by atoms with Gasteiger partial charge >= 0.3 is 6.18 Å². The van der Waals surface area contributed by atoms with Crippen LogP contribution in [-0.2, 0) is 12.6 Å². The average Bonchev–Trinajstić information content (AvgIpc) is 2.36. The van der Waals surface area contributed by atoms with E-state index in [0.717, 1.165) is 29.7 Å². The second kappa shape index (κ2) is 5.06. The fraction of sp³-hybridized carbons (Fsp3) is 0.357. The number of hydrogen-bond donors (Lipinski definition) is 1. The second-order valence-corrected chi connectivity index (χ2v) is 4.65. The third-order valence-corrected chi connectivity index (χ3v) is 3.20. The molecule has 0 saturated carbocycles. The number of nitrogens with two attached hydrogens (primary N) is 1. The Morgan fingerprint density at radius 1 is 1.32 bits per heavy atom. The van der Waals surface area contributed by atoms with Gasteiger partial charge in [-0.3, -0.25) is 0 Å². The molecule has 0 bridgehead atoms. The number of nitriles is 1. The van der Waals surface area contributed by atoms with Gasteiger partial charge in [0.05, 0.1) is 17.7 Å². The molecule has 100 valence electrons. The lowest BCUT2D eigenvalue weighted by Crippen LogP contribution is -2.18. The summed E-state index contributed by atoms with van der Waals surface area (Å²) in [6, 6.07) is 5.12. The van der Waals surface area contributed by atoms with Gasteiger partial charge < -0.3 is 5.73 Å². The fourth-order valence-corrected chi connectivity index (χ4v) is 2.21. The minimum absolute atomic E-state index is 0.409. The van der Waals surface area contributed by atoms with Crippen LogP contribution >= 0.6 is 0 Å². The summed E-state index contributed by atoms with van der Waals surface area (Å²) >= 11 is 0. The minimum Gasteiger partial charge on any atom is -0.316 e. The van der Waals surface area contributed by atoms with Crippen molar-refractivity contribution in [2.24, 2.45) is 5.73 Å². The van der Waals surface area contributed by atoms with Crippen LogP contribution in [0.2, 0.25) is 0 Å². The van der Waals surface area contributed by atoms with Gasteiger partial charge in [-0.1, -0.05) is 17.7 Å². The lowest BCUT2D eigenvalue weighted by atomic mass is 9.88. The van der Waals surface area contributed by atoms with Crippen molar-refractivity contribution in [3.8, 4) is 6.07 Å². The summed E-state index contributed by atoms with van der Waals surface area (Å²) < 4.78 is 37.9. The predicted molar refractivity (Wildman–Crippen MR) is 65.9 cm³/mol. The quantitative estimate of drug-likeness (QED) is 0.893. The molecule has 0 fully saturated rings. The van der Waals surface area contributed by atoms with E-state index in [0.29, 0.717) is 18.4 Å². The van der Waals surface area contributed by atoms with E-state index in [4.69, 9.17) is 11.0 Å². The van der Waals surface area contributed by atoms with Crippen LogP contribution in [0, 0.1) is 11.3 Å². The first-order valence-corrected chi connectivity index (χ1v) is 5.95. The highest BCUT2D eigenvalue weighted by Crippen LogP contribution is 2.33. The number of alkyl halides is 3. The Balaban J connectivity index is 2.30. The zero-order valence-electron chi connectivity index (χ0n) is 10.2. The lowest BCUT2D eigenvalue weighted by Gasteiger charge is -2.18. The molecule has 5 heteroatoms. The van der Waals surface area contributed by atoms with Crippen LogP contribution in [0.25, 0.3) is 6.08 Å². The maximum atomic E-state index is 12.6. The molecule has 0 unspecified atom stereocenters. The van der Waals surface area contributed by atoms with Gasteiger partial charge in [-0.25, -0.2) is 0 Å². The fourth-order valence-electron chi connectivity index (χ4n) is 2.21. The van der Waals surface area contributed by atoms with Crippen molar-refractivity contribution in [3.63, 3.8) is 0 Å². The molecule has 1 aliphatic carbocycles. The van der Waals surface area contributed by atoms with Crippen molar-refractivity contribution >= 4 is 6.08 Å². The first-order chi connectivity index (χ1) is 8.90. The summed E-state index contributed by atoms with van der Waals surface area (Å²) in [5.74, 6) is 0. The molecule has 1 aliphatic rings. The molecule has 1 aromatic carbocycles. The van der Waals surface area contributed by atoms with Crippen molar-refractivity contribution in [2.75, 3.05) is 0 Å². The molecule has 1 aromatic rings. The molecule has 0 saturated heterocycles. The van der Waals surface area contributed by atoms with E-state index in [1.807, 2.05) is 6.07 Å². The highest BCUT2D eigenvalue weighted by molar-refractivity contribution is 5.61. The summed E-state index contributed by atoms with van der Waals surface area (Å²) in [7, 11) is 0. The maximum Gasteiger partial charge on any atom is 0.416 e. The molecular weight excluding hydrogens is 253 g/mol. The standard InChI is InChI=1S/C14H13F3N2/c15-14(16,17)12-4-3-10-2-1-9(5-11(10)7-12)6-13(19)8-18/h3-5,7,13H,1-2,6,19H2/t13-/m1/s1. The van der Waals surface area contributed by atoms with Crippen LogP contribution in [0.4, 0.5) is 13.2 Å². The zero-order chi connectivity index (χ0) is 14.0. The molecular formula is C14H13F3N2. The van der Waals surface area contributed by atoms with Gasteiger partial charge in [-0.05, 0) is 42.5 Å². The Hall–Kier alpha value is -1.80. The second-order valence-electron chi connectivity index (χ2n) is 4.65. The molecule has 19 heavy (non-hydrogen) atoms. The Kier molecular flexibility index (Phi) is 3.63. The molecule has 0 spiro atoms. The largest absolute Gasteiger partial charge is 0.416 e. The maximum absolute atomic E-state index is 12.6. The van der Waals surface area contributed by atoms with Gasteiger partial charge in [0.15, 0.2) is 0 Å². The van der Waals surface area contributed by atoms with E-state index in [9.17, 15) is 13.2 Å². The van der Waals surface area contributed by atoms with Gasteiger partial charge in [-0.15, -0.1) is 0 Å². The Bertz CT molecular complexity index is 553. The van der Waals surface area contributed by atoms with E-state index >= 15 is 0 Å². The monoisotopic (exact) mass is 266 g/mol. The molecule has 0 radical (unpaired) electrons. The zero-order valence-corrected chi connectivity index (χ0v) is 10.2. The third kappa shape index (κ3) is 3.15. The van der Waals surface area contributed by atoms with Crippen LogP contribution in [0.15, 0.2) is 23.8 Å². The summed E-state index contributed by atoms with van der Waals surface area (Å²) in [5, 5.41) is 8.66. The van der Waals surface area contributed by atoms with Crippen molar-refractivity contribution in [1.82, 2.24) is 0 Å². The smallest absolute Gasteiger partial charge is 0.316 e. The highest BCUT2D eigenvalue weighted by Gasteiger charge is 2.31. The summed E-state index contributed by atoms with van der Waals surface area (Å²) in [5.41, 5.74) is 7.32. The van der Waals surface area contributed by atoms with Gasteiger partial charge in [0.2, 0.25) is 0 Å². The molecule has 2 N–H and O–H groups in total. The van der Waals surface area contributed by atoms with Gasteiger partial charge in [-0.2, -0.15) is 18.4 Å². The Morgan fingerprint density at radius 2 is 2.05 bits per heavy atom. The van der Waals surface area contributed by atoms with Crippen molar-refractivity contribution < 1.29 is 13.2 Å². The average molecular weight is 266 g/mol. The van der Waals surface area contributed by atoms with Gasteiger partial charge in [0, 0.05) is 0 Å². The molecule has 0 amide bonds. The molecule has 0 aliphatic heterocycles. The van der Waals surface area contributed by atoms with E-state index < -0.39 is 17.8 Å². The Labute approximate surface area is 109 Å². The SMILES string of the molecule is N#C[C@H](N)CC1=Cc2cc(C(F)(F)F)ccc2CC1. The van der Waals surface area contributed by atoms with E-state index in [1.54, 1.807) is 6.08 Å². The van der Waals surface area contributed by atoms with Crippen LogP contribution in [0.1, 0.15) is 29.5 Å². The molecule has 2 rings (SSSR count). The molecule has 0 aromatic heterocycles. The van der Waals surface area contributed by atoms with Crippen LogP contribution in [0.3, 0.4) is 0 Å². The number of rotatable bonds is 2. The third-order valence-electron chi connectivity index (χ3n) is 3.20. The first kappa shape index (κ1) is 13.6. The van der Waals surface area contributed by atoms with E-state index in [2.05, 4.69) is 0 Å². The van der Waals surface area contributed by atoms with Crippen LogP contribution in [0.5, 0.6) is 0 Å². The number of benzene rings is 1. The predicted octanol–water partition coefficient (Wildman–Crippen LogP) is 3.28. The van der Waals surface area contributed by atoms with Crippen molar-refractivity contribution in [3.05, 3.63) is 40.5 Å². The van der Waals surface area contributed by atoms with E-state index in [1.165, 1.54) is 6.07 Å². The normalized spacial score (nSPS) is 16.3. The number of nitrogens with zero attached hydrogens (tertiary/aromatic N) is 1. The topological polar surface area (TPSA) is 49.8 Å². The number of aryl methyl sites for hydroxylation is 1. The van der Waals surface area contributed by atoms with E-state index in [-0.39, 0.29) is 0 Å².